The molecule has 0 saturated heterocycles. The molecule has 0 aliphatic heterocycles. The van der Waals surface area contributed by atoms with Crippen LogP contribution in [0.25, 0.3) is 5.69 Å². The fourth-order valence-electron chi connectivity index (χ4n) is 2.42. The summed E-state index contributed by atoms with van der Waals surface area (Å²) in [6, 6.07) is 20.1. The van der Waals surface area contributed by atoms with Gasteiger partial charge in [0.2, 0.25) is 0 Å². The molecular formula is C17H19N5. The third kappa shape index (κ3) is 2.70. The Balaban J connectivity index is 1.99. The predicted molar refractivity (Wildman–Crippen MR) is 86.9 cm³/mol. The SMILES string of the molecule is CC[C@](C)(Nc1ccccc1)c1nnnn1-c1ccccc1. The lowest BCUT2D eigenvalue weighted by Crippen LogP contribution is -2.34. The zero-order valence-electron chi connectivity index (χ0n) is 12.8. The molecular weight excluding hydrogens is 274 g/mol. The summed E-state index contributed by atoms with van der Waals surface area (Å²) < 4.78 is 1.79. The number of hydrogen-bond acceptors (Lipinski definition) is 4. The van der Waals surface area contributed by atoms with Crippen molar-refractivity contribution in [2.24, 2.45) is 0 Å². The van der Waals surface area contributed by atoms with Gasteiger partial charge in [0, 0.05) is 5.69 Å². The van der Waals surface area contributed by atoms with E-state index in [0.29, 0.717) is 0 Å². The third-order valence-electron chi connectivity index (χ3n) is 3.86. The van der Waals surface area contributed by atoms with Crippen molar-refractivity contribution in [3.63, 3.8) is 0 Å². The van der Waals surface area contributed by atoms with Crippen molar-refractivity contribution in [2.45, 2.75) is 25.8 Å². The molecule has 5 heteroatoms. The first-order chi connectivity index (χ1) is 10.7. The molecule has 0 fully saturated rings. The van der Waals surface area contributed by atoms with E-state index in [1.165, 1.54) is 0 Å². The van der Waals surface area contributed by atoms with Gasteiger partial charge in [0.05, 0.1) is 11.2 Å². The Hall–Kier alpha value is -2.69. The number of nitrogens with one attached hydrogen (secondary N) is 1. The zero-order chi connectivity index (χ0) is 15.4. The molecule has 0 radical (unpaired) electrons. The molecule has 0 aliphatic rings. The van der Waals surface area contributed by atoms with Crippen LogP contribution in [0.2, 0.25) is 0 Å². The average Bonchev–Trinajstić information content (AvgIpc) is 3.07. The molecule has 5 nitrogen and oxygen atoms in total. The van der Waals surface area contributed by atoms with E-state index in [1.807, 2.05) is 60.7 Å². The van der Waals surface area contributed by atoms with E-state index in [4.69, 9.17) is 0 Å². The second-order valence-electron chi connectivity index (χ2n) is 5.43. The number of rotatable bonds is 5. The molecule has 0 saturated carbocycles. The maximum absolute atomic E-state index is 4.27. The first-order valence-corrected chi connectivity index (χ1v) is 7.40. The normalized spacial score (nSPS) is 13.5. The monoisotopic (exact) mass is 293 g/mol. The lowest BCUT2D eigenvalue weighted by atomic mass is 9.97. The molecule has 1 N–H and O–H groups in total. The van der Waals surface area contributed by atoms with Crippen molar-refractivity contribution in [3.05, 3.63) is 66.5 Å². The highest BCUT2D eigenvalue weighted by Gasteiger charge is 2.31. The van der Waals surface area contributed by atoms with Crippen molar-refractivity contribution in [2.75, 3.05) is 5.32 Å². The molecule has 0 aliphatic carbocycles. The molecule has 3 rings (SSSR count). The van der Waals surface area contributed by atoms with Gasteiger partial charge >= 0.3 is 0 Å². The summed E-state index contributed by atoms with van der Waals surface area (Å²) in [4.78, 5) is 0. The Morgan fingerprint density at radius 1 is 1.00 bits per heavy atom. The maximum Gasteiger partial charge on any atom is 0.181 e. The van der Waals surface area contributed by atoms with Gasteiger partial charge in [0.15, 0.2) is 5.82 Å². The standard InChI is InChI=1S/C17H19N5/c1-3-17(2,18-14-10-6-4-7-11-14)16-19-20-21-22(16)15-12-8-5-9-13-15/h4-13,18H,3H2,1-2H3/t17-/m0/s1. The van der Waals surface area contributed by atoms with E-state index in [2.05, 4.69) is 34.7 Å². The topological polar surface area (TPSA) is 55.6 Å². The number of nitrogens with zero attached hydrogens (tertiary/aromatic N) is 4. The van der Waals surface area contributed by atoms with Crippen LogP contribution in [-0.2, 0) is 5.54 Å². The molecule has 112 valence electrons. The van der Waals surface area contributed by atoms with Crippen molar-refractivity contribution >= 4 is 5.69 Å². The Morgan fingerprint density at radius 2 is 1.64 bits per heavy atom. The molecule has 1 heterocycles. The summed E-state index contributed by atoms with van der Waals surface area (Å²) in [6.45, 7) is 4.24. The van der Waals surface area contributed by atoms with Crippen LogP contribution in [0, 0.1) is 0 Å². The number of hydrogen-bond donors (Lipinski definition) is 1. The van der Waals surface area contributed by atoms with E-state index >= 15 is 0 Å². The summed E-state index contributed by atoms with van der Waals surface area (Å²) in [5, 5.41) is 15.9. The van der Waals surface area contributed by atoms with Crippen LogP contribution in [0.4, 0.5) is 5.69 Å². The smallest absolute Gasteiger partial charge is 0.181 e. The van der Waals surface area contributed by atoms with Gasteiger partial charge in [-0.15, -0.1) is 5.10 Å². The quantitative estimate of drug-likeness (QED) is 0.783. The van der Waals surface area contributed by atoms with Crippen LogP contribution in [0.3, 0.4) is 0 Å². The van der Waals surface area contributed by atoms with E-state index in [-0.39, 0.29) is 5.54 Å². The van der Waals surface area contributed by atoms with E-state index in [9.17, 15) is 0 Å². The summed E-state index contributed by atoms with van der Waals surface area (Å²) in [5.41, 5.74) is 1.65. The largest absolute Gasteiger partial charge is 0.373 e. The van der Waals surface area contributed by atoms with Crippen molar-refractivity contribution < 1.29 is 0 Å². The maximum atomic E-state index is 4.27. The summed E-state index contributed by atoms with van der Waals surface area (Å²) in [7, 11) is 0. The van der Waals surface area contributed by atoms with Crippen molar-refractivity contribution in [1.82, 2.24) is 20.2 Å². The van der Waals surface area contributed by atoms with Gasteiger partial charge in [-0.2, -0.15) is 4.68 Å². The molecule has 1 aromatic heterocycles. The Kier molecular flexibility index (Phi) is 3.87. The third-order valence-corrected chi connectivity index (χ3v) is 3.86. The number of tetrazole rings is 1. The molecule has 0 bridgehead atoms. The van der Waals surface area contributed by atoms with Gasteiger partial charge in [-0.25, -0.2) is 0 Å². The van der Waals surface area contributed by atoms with Crippen LogP contribution in [0.1, 0.15) is 26.1 Å². The number of aromatic nitrogens is 4. The minimum atomic E-state index is -0.360. The fourth-order valence-corrected chi connectivity index (χ4v) is 2.42. The predicted octanol–water partition coefficient (Wildman–Crippen LogP) is 3.40. The van der Waals surface area contributed by atoms with Crippen LogP contribution < -0.4 is 5.32 Å². The lowest BCUT2D eigenvalue weighted by molar-refractivity contribution is 0.474. The molecule has 0 unspecified atom stereocenters. The molecule has 22 heavy (non-hydrogen) atoms. The zero-order valence-corrected chi connectivity index (χ0v) is 12.8. The van der Waals surface area contributed by atoms with E-state index < -0.39 is 0 Å². The number of benzene rings is 2. The molecule has 3 aromatic rings. The summed E-state index contributed by atoms with van der Waals surface area (Å²) in [6.07, 6.45) is 0.856. The minimum absolute atomic E-state index is 0.360. The highest BCUT2D eigenvalue weighted by Crippen LogP contribution is 2.28. The lowest BCUT2D eigenvalue weighted by Gasteiger charge is -2.29. The molecule has 0 spiro atoms. The second kappa shape index (κ2) is 5.97. The van der Waals surface area contributed by atoms with Crippen LogP contribution in [0.15, 0.2) is 60.7 Å². The van der Waals surface area contributed by atoms with Gasteiger partial charge in [-0.1, -0.05) is 43.3 Å². The van der Waals surface area contributed by atoms with Crippen LogP contribution >= 0.6 is 0 Å². The average molecular weight is 293 g/mol. The number of para-hydroxylation sites is 2. The summed E-state index contributed by atoms with van der Waals surface area (Å²) in [5.74, 6) is 0.796. The van der Waals surface area contributed by atoms with Gasteiger partial charge in [-0.3, -0.25) is 0 Å². The number of anilines is 1. The Morgan fingerprint density at radius 3 is 2.27 bits per heavy atom. The van der Waals surface area contributed by atoms with E-state index in [1.54, 1.807) is 4.68 Å². The van der Waals surface area contributed by atoms with Gasteiger partial charge in [-0.05, 0) is 48.0 Å². The highest BCUT2D eigenvalue weighted by molar-refractivity contribution is 5.46. The van der Waals surface area contributed by atoms with Crippen LogP contribution in [-0.4, -0.2) is 20.2 Å². The molecule has 0 amide bonds. The van der Waals surface area contributed by atoms with E-state index in [0.717, 1.165) is 23.6 Å². The van der Waals surface area contributed by atoms with Crippen LogP contribution in [0.5, 0.6) is 0 Å². The first-order valence-electron chi connectivity index (χ1n) is 7.40. The Labute approximate surface area is 130 Å². The molecule has 2 aromatic carbocycles. The van der Waals surface area contributed by atoms with Crippen molar-refractivity contribution in [3.8, 4) is 5.69 Å². The van der Waals surface area contributed by atoms with Gasteiger partial charge < -0.3 is 5.32 Å². The fraction of sp³-hybridized carbons (Fsp3) is 0.235. The highest BCUT2D eigenvalue weighted by atomic mass is 15.6. The van der Waals surface area contributed by atoms with Gasteiger partial charge in [0.25, 0.3) is 0 Å². The summed E-state index contributed by atoms with van der Waals surface area (Å²) >= 11 is 0. The first kappa shape index (κ1) is 14.3. The Bertz CT molecular complexity index is 723. The van der Waals surface area contributed by atoms with Crippen molar-refractivity contribution in [1.29, 1.82) is 0 Å². The molecule has 1 atom stereocenters. The minimum Gasteiger partial charge on any atom is -0.373 e. The second-order valence-corrected chi connectivity index (χ2v) is 5.43. The van der Waals surface area contributed by atoms with Gasteiger partial charge in [0.1, 0.15) is 0 Å².